The van der Waals surface area contributed by atoms with Gasteiger partial charge in [-0.25, -0.2) is 0 Å². The third-order valence-corrected chi connectivity index (χ3v) is 2.10. The molecular formula is C9H10N4OS. The molecule has 78 valence electrons. The number of carbonyl (C=O) groups is 1. The number of carbonyl (C=O) groups excluding carboxylic acids is 1. The Morgan fingerprint density at radius 2 is 2.27 bits per heavy atom. The molecule has 0 saturated carbocycles. The summed E-state index contributed by atoms with van der Waals surface area (Å²) in [5.74, 6) is -0.0602. The summed E-state index contributed by atoms with van der Waals surface area (Å²) < 4.78 is 0. The first-order chi connectivity index (χ1) is 7.15. The number of amides is 1. The molecule has 2 rings (SSSR count). The first-order valence-electron chi connectivity index (χ1n) is 4.39. The Hall–Kier alpha value is -1.82. The number of nitrogens with one attached hydrogen (secondary N) is 3. The molecule has 1 amide bonds. The normalized spacial score (nSPS) is 13.5. The van der Waals surface area contributed by atoms with Gasteiger partial charge in [0.1, 0.15) is 0 Å². The quantitative estimate of drug-likeness (QED) is 0.526. The number of hydrogen-bond acceptors (Lipinski definition) is 3. The smallest absolute Gasteiger partial charge is 0.243 e. The predicted molar refractivity (Wildman–Crippen MR) is 64.0 cm³/mol. The van der Waals surface area contributed by atoms with Crippen LogP contribution in [-0.2, 0) is 4.79 Å². The standard InChI is InChI=1S/C9H10N4OS/c10-9(15)12-5-1-2-6-7(3-5)13-8(14)4-11-6/h1-3,11H,4H2,(H,13,14)(H3,10,12,15). The van der Waals surface area contributed by atoms with Crippen molar-refractivity contribution in [1.29, 1.82) is 0 Å². The van der Waals surface area contributed by atoms with E-state index in [9.17, 15) is 4.79 Å². The van der Waals surface area contributed by atoms with Gasteiger partial charge < -0.3 is 21.7 Å². The number of fused-ring (bicyclic) bond motifs is 1. The Kier molecular flexibility index (Phi) is 2.42. The minimum Gasteiger partial charge on any atom is -0.376 e. The van der Waals surface area contributed by atoms with Crippen molar-refractivity contribution in [3.63, 3.8) is 0 Å². The van der Waals surface area contributed by atoms with Crippen LogP contribution in [0.1, 0.15) is 0 Å². The van der Waals surface area contributed by atoms with Gasteiger partial charge >= 0.3 is 0 Å². The SMILES string of the molecule is NC(=S)Nc1ccc2c(c1)NC(=O)CN2. The van der Waals surface area contributed by atoms with Crippen molar-refractivity contribution in [3.8, 4) is 0 Å². The van der Waals surface area contributed by atoms with Gasteiger partial charge in [0.2, 0.25) is 5.91 Å². The van der Waals surface area contributed by atoms with Gasteiger partial charge in [0, 0.05) is 5.69 Å². The molecule has 15 heavy (non-hydrogen) atoms. The van der Waals surface area contributed by atoms with Gasteiger partial charge in [0.05, 0.1) is 17.9 Å². The van der Waals surface area contributed by atoms with Gasteiger partial charge in [-0.1, -0.05) is 0 Å². The summed E-state index contributed by atoms with van der Waals surface area (Å²) >= 11 is 4.72. The van der Waals surface area contributed by atoms with E-state index >= 15 is 0 Å². The maximum atomic E-state index is 11.1. The van der Waals surface area contributed by atoms with Crippen molar-refractivity contribution in [1.82, 2.24) is 0 Å². The van der Waals surface area contributed by atoms with E-state index < -0.39 is 0 Å². The van der Waals surface area contributed by atoms with Crippen LogP contribution in [0.15, 0.2) is 18.2 Å². The third-order valence-electron chi connectivity index (χ3n) is 2.00. The van der Waals surface area contributed by atoms with Crippen molar-refractivity contribution in [3.05, 3.63) is 18.2 Å². The van der Waals surface area contributed by atoms with E-state index in [0.29, 0.717) is 6.54 Å². The molecular weight excluding hydrogens is 212 g/mol. The van der Waals surface area contributed by atoms with Crippen LogP contribution in [-0.4, -0.2) is 17.6 Å². The zero-order chi connectivity index (χ0) is 10.8. The molecule has 5 N–H and O–H groups in total. The summed E-state index contributed by atoms with van der Waals surface area (Å²) in [6.07, 6.45) is 0. The zero-order valence-corrected chi connectivity index (χ0v) is 8.65. The van der Waals surface area contributed by atoms with Crippen LogP contribution in [0.4, 0.5) is 17.1 Å². The topological polar surface area (TPSA) is 79.2 Å². The van der Waals surface area contributed by atoms with Crippen molar-refractivity contribution in [2.24, 2.45) is 5.73 Å². The molecule has 1 heterocycles. The highest BCUT2D eigenvalue weighted by Gasteiger charge is 2.13. The van der Waals surface area contributed by atoms with Crippen LogP contribution in [0.2, 0.25) is 0 Å². The maximum absolute atomic E-state index is 11.1. The Balaban J connectivity index is 2.28. The highest BCUT2D eigenvalue weighted by Crippen LogP contribution is 2.27. The summed E-state index contributed by atoms with van der Waals surface area (Å²) in [6.45, 7) is 0.301. The lowest BCUT2D eigenvalue weighted by Crippen LogP contribution is -2.27. The summed E-state index contributed by atoms with van der Waals surface area (Å²) in [5, 5.41) is 8.74. The predicted octanol–water partition coefficient (Wildman–Crippen LogP) is 0.706. The lowest BCUT2D eigenvalue weighted by Gasteiger charge is -2.19. The van der Waals surface area contributed by atoms with Crippen molar-refractivity contribution in [2.45, 2.75) is 0 Å². The van der Waals surface area contributed by atoms with Crippen LogP contribution in [0.3, 0.4) is 0 Å². The third kappa shape index (κ3) is 2.16. The fraction of sp³-hybridized carbons (Fsp3) is 0.111. The van der Waals surface area contributed by atoms with Crippen molar-refractivity contribution < 1.29 is 4.79 Å². The van der Waals surface area contributed by atoms with Gasteiger partial charge in [0.25, 0.3) is 0 Å². The fourth-order valence-electron chi connectivity index (χ4n) is 1.39. The molecule has 5 nitrogen and oxygen atoms in total. The highest BCUT2D eigenvalue weighted by molar-refractivity contribution is 7.80. The molecule has 0 aliphatic carbocycles. The number of hydrogen-bond donors (Lipinski definition) is 4. The van der Waals surface area contributed by atoms with E-state index in [2.05, 4.69) is 16.0 Å². The largest absolute Gasteiger partial charge is 0.376 e. The van der Waals surface area contributed by atoms with Crippen LogP contribution in [0.5, 0.6) is 0 Å². The second kappa shape index (κ2) is 3.74. The molecule has 1 aliphatic heterocycles. The minimum absolute atomic E-state index is 0.0602. The summed E-state index contributed by atoms with van der Waals surface area (Å²) in [7, 11) is 0. The van der Waals surface area contributed by atoms with Crippen LogP contribution < -0.4 is 21.7 Å². The first kappa shape index (κ1) is 9.72. The molecule has 1 aromatic carbocycles. The Morgan fingerprint density at radius 1 is 1.47 bits per heavy atom. The van der Waals surface area contributed by atoms with Gasteiger partial charge in [-0.05, 0) is 30.4 Å². The minimum atomic E-state index is -0.0602. The molecule has 1 aliphatic rings. The molecule has 0 atom stereocenters. The maximum Gasteiger partial charge on any atom is 0.243 e. The Labute approximate surface area is 92.0 Å². The van der Waals surface area contributed by atoms with Crippen LogP contribution in [0.25, 0.3) is 0 Å². The monoisotopic (exact) mass is 222 g/mol. The molecule has 0 radical (unpaired) electrons. The molecule has 0 bridgehead atoms. The van der Waals surface area contributed by atoms with E-state index in [4.69, 9.17) is 18.0 Å². The Morgan fingerprint density at radius 3 is 3.00 bits per heavy atom. The molecule has 0 unspecified atom stereocenters. The average molecular weight is 222 g/mol. The zero-order valence-electron chi connectivity index (χ0n) is 7.83. The van der Waals surface area contributed by atoms with Gasteiger partial charge in [0.15, 0.2) is 5.11 Å². The summed E-state index contributed by atoms with van der Waals surface area (Å²) in [5.41, 5.74) is 7.72. The van der Waals surface area contributed by atoms with Gasteiger partial charge in [-0.2, -0.15) is 0 Å². The molecule has 0 fully saturated rings. The summed E-state index contributed by atoms with van der Waals surface area (Å²) in [6, 6.07) is 5.47. The van der Waals surface area contributed by atoms with E-state index in [1.54, 1.807) is 6.07 Å². The second-order valence-electron chi connectivity index (χ2n) is 3.15. The van der Waals surface area contributed by atoms with Crippen LogP contribution in [0, 0.1) is 0 Å². The molecule has 0 saturated heterocycles. The number of anilines is 3. The molecule has 0 aromatic heterocycles. The van der Waals surface area contributed by atoms with Crippen LogP contribution >= 0.6 is 12.2 Å². The number of benzene rings is 1. The number of thiocarbonyl (C=S) groups is 1. The van der Waals surface area contributed by atoms with Crippen molar-refractivity contribution >= 4 is 40.3 Å². The second-order valence-corrected chi connectivity index (χ2v) is 3.59. The molecule has 6 heteroatoms. The van der Waals surface area contributed by atoms with E-state index in [-0.39, 0.29) is 11.0 Å². The average Bonchev–Trinajstić information content (AvgIpc) is 2.16. The lowest BCUT2D eigenvalue weighted by atomic mass is 10.2. The number of rotatable bonds is 1. The summed E-state index contributed by atoms with van der Waals surface area (Å²) in [4.78, 5) is 11.1. The van der Waals surface area contributed by atoms with Crippen molar-refractivity contribution in [2.75, 3.05) is 22.5 Å². The van der Waals surface area contributed by atoms with E-state index in [1.165, 1.54) is 0 Å². The number of nitrogens with two attached hydrogens (primary N) is 1. The fourth-order valence-corrected chi connectivity index (χ4v) is 1.51. The van der Waals surface area contributed by atoms with E-state index in [1.807, 2.05) is 12.1 Å². The van der Waals surface area contributed by atoms with E-state index in [0.717, 1.165) is 17.1 Å². The molecule has 0 spiro atoms. The molecule has 1 aromatic rings. The lowest BCUT2D eigenvalue weighted by molar-refractivity contribution is -0.114. The first-order valence-corrected chi connectivity index (χ1v) is 4.80. The Bertz CT molecular complexity index is 432. The van der Waals surface area contributed by atoms with Gasteiger partial charge in [-0.15, -0.1) is 0 Å². The highest BCUT2D eigenvalue weighted by atomic mass is 32.1. The van der Waals surface area contributed by atoms with Gasteiger partial charge in [-0.3, -0.25) is 4.79 Å².